The predicted molar refractivity (Wildman–Crippen MR) is 138 cm³/mol. The average molecular weight is 478 g/mol. The summed E-state index contributed by atoms with van der Waals surface area (Å²) >= 11 is 0. The lowest BCUT2D eigenvalue weighted by molar-refractivity contribution is -0.121. The molecule has 0 aliphatic heterocycles. The molecule has 1 amide bonds. The maximum absolute atomic E-state index is 13.0. The summed E-state index contributed by atoms with van der Waals surface area (Å²) in [5, 5.41) is 3.72. The number of rotatable bonds is 11. The molecule has 0 bridgehead atoms. The Balaban J connectivity index is 1.35. The van der Waals surface area contributed by atoms with Crippen LogP contribution in [0.25, 0.3) is 21.9 Å². The highest BCUT2D eigenvalue weighted by molar-refractivity contribution is 6.05. The molecule has 0 saturated carbocycles. The molecular weight excluding hydrogens is 446 g/mol. The van der Waals surface area contributed by atoms with Gasteiger partial charge >= 0.3 is 0 Å². The SMILES string of the molecule is CCN(CCCNC(=O)CCn1cnc2c([nH]c3cc(OC)c(OC)cc32)c1=O)c1ccccc1. The van der Waals surface area contributed by atoms with E-state index in [-0.39, 0.29) is 24.4 Å². The molecule has 9 heteroatoms. The fraction of sp³-hybridized carbons (Fsp3) is 0.346. The molecule has 0 aliphatic rings. The van der Waals surface area contributed by atoms with E-state index in [9.17, 15) is 9.59 Å². The number of hydrogen-bond donors (Lipinski definition) is 2. The monoisotopic (exact) mass is 477 g/mol. The van der Waals surface area contributed by atoms with E-state index in [1.165, 1.54) is 16.6 Å². The number of aryl methyl sites for hydroxylation is 1. The molecule has 9 nitrogen and oxygen atoms in total. The van der Waals surface area contributed by atoms with E-state index < -0.39 is 0 Å². The molecule has 184 valence electrons. The van der Waals surface area contributed by atoms with Crippen LogP contribution in [0.1, 0.15) is 19.8 Å². The van der Waals surface area contributed by atoms with Gasteiger partial charge in [-0.15, -0.1) is 0 Å². The number of benzene rings is 2. The van der Waals surface area contributed by atoms with Gasteiger partial charge in [-0.25, -0.2) is 4.98 Å². The van der Waals surface area contributed by atoms with Crippen LogP contribution in [0.3, 0.4) is 0 Å². The van der Waals surface area contributed by atoms with Crippen LogP contribution in [0.15, 0.2) is 53.6 Å². The third-order valence-electron chi connectivity index (χ3n) is 6.09. The van der Waals surface area contributed by atoms with Crippen molar-refractivity contribution in [1.29, 1.82) is 0 Å². The number of aromatic nitrogens is 3. The van der Waals surface area contributed by atoms with Gasteiger partial charge in [0, 0.05) is 49.7 Å². The highest BCUT2D eigenvalue weighted by Gasteiger charge is 2.15. The third-order valence-corrected chi connectivity index (χ3v) is 6.09. The summed E-state index contributed by atoms with van der Waals surface area (Å²) in [5.74, 6) is 1.04. The van der Waals surface area contributed by atoms with E-state index in [0.29, 0.717) is 29.1 Å². The van der Waals surface area contributed by atoms with Crippen molar-refractivity contribution >= 4 is 33.5 Å². The molecule has 2 aromatic carbocycles. The Labute approximate surface area is 203 Å². The molecular formula is C26H31N5O4. The molecule has 2 N–H and O–H groups in total. The van der Waals surface area contributed by atoms with Gasteiger partial charge in [-0.1, -0.05) is 18.2 Å². The molecule has 2 heterocycles. The lowest BCUT2D eigenvalue weighted by Gasteiger charge is -2.23. The quantitative estimate of drug-likeness (QED) is 0.322. The van der Waals surface area contributed by atoms with Crippen molar-refractivity contribution in [3.05, 3.63) is 59.1 Å². The van der Waals surface area contributed by atoms with Crippen molar-refractivity contribution in [3.63, 3.8) is 0 Å². The number of nitrogens with one attached hydrogen (secondary N) is 2. The normalized spacial score (nSPS) is 11.1. The van der Waals surface area contributed by atoms with Gasteiger partial charge in [-0.3, -0.25) is 14.2 Å². The molecule has 0 fully saturated rings. The molecule has 0 spiro atoms. The van der Waals surface area contributed by atoms with Gasteiger partial charge < -0.3 is 24.7 Å². The fourth-order valence-electron chi connectivity index (χ4n) is 4.20. The molecule has 4 aromatic rings. The molecule has 0 radical (unpaired) electrons. The van der Waals surface area contributed by atoms with E-state index in [1.807, 2.05) is 18.2 Å². The van der Waals surface area contributed by atoms with Crippen molar-refractivity contribution in [2.45, 2.75) is 26.3 Å². The molecule has 4 rings (SSSR count). The minimum Gasteiger partial charge on any atom is -0.493 e. The van der Waals surface area contributed by atoms with Crippen LogP contribution in [0, 0.1) is 0 Å². The number of amides is 1. The first-order valence-corrected chi connectivity index (χ1v) is 11.7. The zero-order valence-electron chi connectivity index (χ0n) is 20.3. The Bertz CT molecular complexity index is 1360. The second-order valence-electron chi connectivity index (χ2n) is 8.21. The van der Waals surface area contributed by atoms with E-state index in [2.05, 4.69) is 39.2 Å². The van der Waals surface area contributed by atoms with Gasteiger partial charge in [0.25, 0.3) is 5.56 Å². The van der Waals surface area contributed by atoms with Crippen molar-refractivity contribution < 1.29 is 14.3 Å². The zero-order valence-corrected chi connectivity index (χ0v) is 20.3. The number of fused-ring (bicyclic) bond motifs is 3. The first-order chi connectivity index (χ1) is 17.0. The van der Waals surface area contributed by atoms with Gasteiger partial charge in [0.05, 0.1) is 26.1 Å². The topological polar surface area (TPSA) is 101 Å². The number of para-hydroxylation sites is 1. The predicted octanol–water partition coefficient (Wildman–Crippen LogP) is 3.32. The summed E-state index contributed by atoms with van der Waals surface area (Å²) < 4.78 is 12.2. The first kappa shape index (κ1) is 24.1. The van der Waals surface area contributed by atoms with Crippen LogP contribution in [0.2, 0.25) is 0 Å². The van der Waals surface area contributed by atoms with Crippen LogP contribution >= 0.6 is 0 Å². The number of H-pyrrole nitrogens is 1. The number of aromatic amines is 1. The number of carbonyl (C=O) groups excluding carboxylic acids is 1. The van der Waals surface area contributed by atoms with Crippen LogP contribution in [0.4, 0.5) is 5.69 Å². The molecule has 0 saturated heterocycles. The van der Waals surface area contributed by atoms with Gasteiger partial charge in [0.2, 0.25) is 5.91 Å². The molecule has 0 atom stereocenters. The molecule has 0 unspecified atom stereocenters. The standard InChI is InChI=1S/C26H31N5O4/c1-4-30(18-9-6-5-7-10-18)13-8-12-27-23(32)11-14-31-17-28-24-19-15-21(34-2)22(35-3)16-20(19)29-25(24)26(31)33/h5-7,9-10,15-17,29H,4,8,11-14H2,1-3H3,(H,27,32). The summed E-state index contributed by atoms with van der Waals surface area (Å²) in [4.78, 5) is 35.3. The molecule has 2 aromatic heterocycles. The van der Waals surface area contributed by atoms with E-state index in [0.717, 1.165) is 30.4 Å². The zero-order chi connectivity index (χ0) is 24.8. The van der Waals surface area contributed by atoms with Crippen molar-refractivity contribution in [1.82, 2.24) is 19.9 Å². The van der Waals surface area contributed by atoms with Crippen molar-refractivity contribution in [2.75, 3.05) is 38.8 Å². The van der Waals surface area contributed by atoms with Crippen LogP contribution in [0.5, 0.6) is 11.5 Å². The lowest BCUT2D eigenvalue weighted by Crippen LogP contribution is -2.31. The maximum Gasteiger partial charge on any atom is 0.277 e. The summed E-state index contributed by atoms with van der Waals surface area (Å²) in [5.41, 5.74) is 2.63. The number of carbonyl (C=O) groups is 1. The van der Waals surface area contributed by atoms with E-state index in [1.54, 1.807) is 26.4 Å². The highest BCUT2D eigenvalue weighted by Crippen LogP contribution is 2.34. The summed E-state index contributed by atoms with van der Waals surface area (Å²) in [7, 11) is 3.12. The van der Waals surface area contributed by atoms with E-state index in [4.69, 9.17) is 9.47 Å². The number of hydrogen-bond acceptors (Lipinski definition) is 6. The Morgan fingerprint density at radius 1 is 1.14 bits per heavy atom. The first-order valence-electron chi connectivity index (χ1n) is 11.7. The minimum atomic E-state index is -0.224. The van der Waals surface area contributed by atoms with E-state index >= 15 is 0 Å². The Morgan fingerprint density at radius 3 is 2.60 bits per heavy atom. The van der Waals surface area contributed by atoms with Gasteiger partial charge in [0.15, 0.2) is 11.5 Å². The number of nitrogens with zero attached hydrogens (tertiary/aromatic N) is 3. The number of anilines is 1. The summed E-state index contributed by atoms with van der Waals surface area (Å²) in [6.45, 7) is 4.72. The highest BCUT2D eigenvalue weighted by atomic mass is 16.5. The largest absolute Gasteiger partial charge is 0.493 e. The smallest absolute Gasteiger partial charge is 0.277 e. The Hall–Kier alpha value is -4.01. The van der Waals surface area contributed by atoms with Crippen LogP contribution in [-0.2, 0) is 11.3 Å². The number of ether oxygens (including phenoxy) is 2. The van der Waals surface area contributed by atoms with Gasteiger partial charge in [-0.05, 0) is 31.5 Å². The Morgan fingerprint density at radius 2 is 1.89 bits per heavy atom. The average Bonchev–Trinajstić information content (AvgIpc) is 3.26. The fourth-order valence-corrected chi connectivity index (χ4v) is 4.20. The van der Waals surface area contributed by atoms with Gasteiger partial charge in [-0.2, -0.15) is 0 Å². The molecule has 35 heavy (non-hydrogen) atoms. The summed E-state index contributed by atoms with van der Waals surface area (Å²) in [6.07, 6.45) is 2.52. The lowest BCUT2D eigenvalue weighted by atomic mass is 10.2. The van der Waals surface area contributed by atoms with Crippen LogP contribution in [-0.4, -0.2) is 54.3 Å². The minimum absolute atomic E-state index is 0.0918. The second kappa shape index (κ2) is 10.9. The maximum atomic E-state index is 13.0. The van der Waals surface area contributed by atoms with Crippen LogP contribution < -0.4 is 25.2 Å². The summed E-state index contributed by atoms with van der Waals surface area (Å²) in [6, 6.07) is 13.8. The third kappa shape index (κ3) is 5.24. The second-order valence-corrected chi connectivity index (χ2v) is 8.21. The van der Waals surface area contributed by atoms with Crippen molar-refractivity contribution in [3.8, 4) is 11.5 Å². The molecule has 0 aliphatic carbocycles. The number of methoxy groups -OCH3 is 2. The van der Waals surface area contributed by atoms with Gasteiger partial charge in [0.1, 0.15) is 11.0 Å². The van der Waals surface area contributed by atoms with Crippen molar-refractivity contribution in [2.24, 2.45) is 0 Å². The Kier molecular flexibility index (Phi) is 7.54.